The summed E-state index contributed by atoms with van der Waals surface area (Å²) in [5, 5.41) is 56.7. The van der Waals surface area contributed by atoms with Gasteiger partial charge < -0.3 is 45.1 Å². The molecule has 6 N–H and O–H groups in total. The van der Waals surface area contributed by atoms with Crippen molar-refractivity contribution < 1.29 is 49.3 Å². The summed E-state index contributed by atoms with van der Waals surface area (Å²) in [6.07, 6.45) is 60.1. The maximum absolute atomic E-state index is 13.3. The fourth-order valence-corrected chi connectivity index (χ4v) is 8.74. The highest BCUT2D eigenvalue weighted by molar-refractivity contribution is 5.80. The molecule has 8 unspecified atom stereocenters. The van der Waals surface area contributed by atoms with Crippen LogP contribution in [0.5, 0.6) is 0 Å². The van der Waals surface area contributed by atoms with Gasteiger partial charge in [-0.05, 0) is 77.0 Å². The molecule has 0 aromatic heterocycles. The zero-order chi connectivity index (χ0) is 55.4. The molecule has 0 radical (unpaired) electrons. The lowest BCUT2D eigenvalue weighted by Crippen LogP contribution is -2.61. The normalized spacial score (nSPS) is 19.9. The van der Waals surface area contributed by atoms with Crippen LogP contribution in [0.4, 0.5) is 0 Å². The Balaban J connectivity index is 2.67. The van der Waals surface area contributed by atoms with Gasteiger partial charge >= 0.3 is 5.97 Å². The molecule has 11 heteroatoms. The number of allylic oxidation sites excluding steroid dienone is 17. The van der Waals surface area contributed by atoms with Crippen molar-refractivity contribution >= 4 is 11.9 Å². The van der Waals surface area contributed by atoms with Gasteiger partial charge in [-0.25, -0.2) is 0 Å². The molecule has 1 aliphatic heterocycles. The van der Waals surface area contributed by atoms with E-state index in [0.29, 0.717) is 12.8 Å². The van der Waals surface area contributed by atoms with Crippen LogP contribution in [0.2, 0.25) is 0 Å². The van der Waals surface area contributed by atoms with Gasteiger partial charge in [-0.1, -0.05) is 252 Å². The molecule has 1 amide bonds. The number of rotatable bonds is 49. The Bertz CT molecular complexity index is 1650. The largest absolute Gasteiger partial charge is 0.454 e. The van der Waals surface area contributed by atoms with Gasteiger partial charge in [0.05, 0.1) is 25.4 Å². The molecule has 1 aliphatic rings. The molecule has 1 fully saturated rings. The molecule has 0 bridgehead atoms. The van der Waals surface area contributed by atoms with Crippen LogP contribution in [0.25, 0.3) is 0 Å². The number of aliphatic hydroxyl groups is 5. The monoisotopic (exact) mass is 1060 g/mol. The first-order chi connectivity index (χ1) is 37.2. The molecule has 0 aromatic rings. The Morgan fingerprint density at radius 1 is 0.539 bits per heavy atom. The van der Waals surface area contributed by atoms with Gasteiger partial charge in [0, 0.05) is 6.42 Å². The van der Waals surface area contributed by atoms with E-state index in [4.69, 9.17) is 14.2 Å². The van der Waals surface area contributed by atoms with Gasteiger partial charge in [-0.2, -0.15) is 0 Å². The maximum Gasteiger partial charge on any atom is 0.306 e. The van der Waals surface area contributed by atoms with Crippen LogP contribution < -0.4 is 5.32 Å². The van der Waals surface area contributed by atoms with Crippen molar-refractivity contribution in [2.24, 2.45) is 0 Å². The SMILES string of the molecule is CC/C=C/C=C/C=C\C=C/C=C/CCC(O)C(=O)NC(COC1OC(CO)C(O)C(O)C1OC(=O)CCCCCCCCCCCC/C=C\C/C=C\C/C=C\CCCCC)C(O)/C=C/CCCCCCCCCCCC. The van der Waals surface area contributed by atoms with E-state index >= 15 is 0 Å². The first-order valence-electron chi connectivity index (χ1n) is 30.2. The average Bonchev–Trinajstić information content (AvgIpc) is 3.42. The highest BCUT2D eigenvalue weighted by atomic mass is 16.7. The van der Waals surface area contributed by atoms with Crippen LogP contribution in [0.1, 0.15) is 226 Å². The molecule has 1 heterocycles. The molecule has 0 aliphatic carbocycles. The Morgan fingerprint density at radius 2 is 1.00 bits per heavy atom. The van der Waals surface area contributed by atoms with E-state index in [9.17, 15) is 35.1 Å². The van der Waals surface area contributed by atoms with E-state index in [1.165, 1.54) is 103 Å². The van der Waals surface area contributed by atoms with Crippen LogP contribution in [-0.2, 0) is 23.8 Å². The Hall–Kier alpha value is -3.68. The third-order valence-electron chi connectivity index (χ3n) is 13.5. The van der Waals surface area contributed by atoms with Crippen LogP contribution in [-0.4, -0.2) is 99.6 Å². The molecule has 0 saturated carbocycles. The number of hydrogen-bond donors (Lipinski definition) is 6. The van der Waals surface area contributed by atoms with Crippen LogP contribution >= 0.6 is 0 Å². The van der Waals surface area contributed by atoms with E-state index in [-0.39, 0.29) is 19.4 Å². The number of aliphatic hydroxyl groups excluding tert-OH is 5. The lowest BCUT2D eigenvalue weighted by Gasteiger charge is -2.41. The van der Waals surface area contributed by atoms with Crippen molar-refractivity contribution in [3.8, 4) is 0 Å². The van der Waals surface area contributed by atoms with Crippen molar-refractivity contribution in [1.29, 1.82) is 0 Å². The second-order valence-corrected chi connectivity index (χ2v) is 20.5. The lowest BCUT2D eigenvalue weighted by atomic mass is 9.99. The summed E-state index contributed by atoms with van der Waals surface area (Å²) in [6.45, 7) is 5.54. The zero-order valence-corrected chi connectivity index (χ0v) is 47.8. The average molecular weight is 1060 g/mol. The van der Waals surface area contributed by atoms with Crippen molar-refractivity contribution in [2.75, 3.05) is 13.2 Å². The number of ether oxygens (including phenoxy) is 3. The molecule has 0 aromatic carbocycles. The van der Waals surface area contributed by atoms with Crippen LogP contribution in [0.3, 0.4) is 0 Å². The molecule has 11 nitrogen and oxygen atoms in total. The minimum Gasteiger partial charge on any atom is -0.454 e. The van der Waals surface area contributed by atoms with Crippen molar-refractivity contribution in [3.05, 3.63) is 109 Å². The summed E-state index contributed by atoms with van der Waals surface area (Å²) in [4.78, 5) is 26.5. The van der Waals surface area contributed by atoms with Crippen molar-refractivity contribution in [2.45, 2.75) is 275 Å². The topological polar surface area (TPSA) is 175 Å². The zero-order valence-electron chi connectivity index (χ0n) is 47.8. The first kappa shape index (κ1) is 70.3. The van der Waals surface area contributed by atoms with E-state index < -0.39 is 67.4 Å². The molecule has 0 spiro atoms. The van der Waals surface area contributed by atoms with Crippen LogP contribution in [0.15, 0.2) is 109 Å². The number of nitrogens with one attached hydrogen (secondary N) is 1. The van der Waals surface area contributed by atoms with Crippen LogP contribution in [0, 0.1) is 0 Å². The van der Waals surface area contributed by atoms with Crippen molar-refractivity contribution in [1.82, 2.24) is 5.32 Å². The van der Waals surface area contributed by atoms with E-state index in [2.05, 4.69) is 68.6 Å². The molecule has 1 saturated heterocycles. The fourth-order valence-electron chi connectivity index (χ4n) is 8.74. The standard InChI is InChI=1S/C65H109NO10/c1-4-7-10-13-16-19-22-25-26-27-28-29-30-31-32-33-34-35-38-41-44-47-50-53-60(70)76-63-62(72)61(71)59(54-67)75-65(63)74-55-56(57(68)51-48-45-42-39-36-23-20-17-14-11-8-5-2)66-64(73)58(69)52-49-46-43-40-37-24-21-18-15-12-9-6-3/h9,12,15-16,18-19,21,24-26,28-29,37,40,43,46,48,51,56-59,61-63,65,67-69,71-72H,4-8,10-11,13-14,17,20,22-23,27,30-36,38-39,41-42,44-45,47,49-50,52-55H2,1-3H3,(H,66,73)/b12-9+,18-15+,19-16-,24-21-,26-25-,29-28-,40-37-,46-43+,51-48+. The summed E-state index contributed by atoms with van der Waals surface area (Å²) in [5.74, 6) is -1.28. The summed E-state index contributed by atoms with van der Waals surface area (Å²) in [7, 11) is 0. The lowest BCUT2D eigenvalue weighted by molar-refractivity contribution is -0.305. The smallest absolute Gasteiger partial charge is 0.306 e. The molecule has 434 valence electrons. The third-order valence-corrected chi connectivity index (χ3v) is 13.5. The van der Waals surface area contributed by atoms with Gasteiger partial charge in [-0.15, -0.1) is 0 Å². The van der Waals surface area contributed by atoms with Gasteiger partial charge in [0.25, 0.3) is 0 Å². The van der Waals surface area contributed by atoms with E-state index in [1.807, 2.05) is 60.8 Å². The summed E-state index contributed by atoms with van der Waals surface area (Å²) in [6, 6.07) is -1.07. The second kappa shape index (κ2) is 52.0. The van der Waals surface area contributed by atoms with E-state index in [1.54, 1.807) is 6.08 Å². The molecule has 76 heavy (non-hydrogen) atoms. The highest BCUT2D eigenvalue weighted by Crippen LogP contribution is 2.26. The highest BCUT2D eigenvalue weighted by Gasteiger charge is 2.47. The molecule has 8 atom stereocenters. The van der Waals surface area contributed by atoms with Gasteiger partial charge in [-0.3, -0.25) is 9.59 Å². The van der Waals surface area contributed by atoms with Gasteiger partial charge in [0.15, 0.2) is 12.4 Å². The fraction of sp³-hybridized carbons (Fsp3) is 0.692. The summed E-state index contributed by atoms with van der Waals surface area (Å²) in [5.41, 5.74) is 0. The van der Waals surface area contributed by atoms with Gasteiger partial charge in [0.1, 0.15) is 24.4 Å². The van der Waals surface area contributed by atoms with E-state index in [0.717, 1.165) is 77.0 Å². The predicted octanol–water partition coefficient (Wildman–Crippen LogP) is 14.1. The molecular formula is C65H109NO10. The minimum absolute atomic E-state index is 0.104. The third kappa shape index (κ3) is 39.6. The summed E-state index contributed by atoms with van der Waals surface area (Å²) < 4.78 is 17.6. The molecule has 1 rings (SSSR count). The number of hydrogen-bond acceptors (Lipinski definition) is 10. The Morgan fingerprint density at radius 3 is 1.54 bits per heavy atom. The summed E-state index contributed by atoms with van der Waals surface area (Å²) >= 11 is 0. The predicted molar refractivity (Wildman–Crippen MR) is 315 cm³/mol. The molecular weight excluding hydrogens is 955 g/mol. The van der Waals surface area contributed by atoms with Crippen molar-refractivity contribution in [3.63, 3.8) is 0 Å². The number of carbonyl (C=O) groups excluding carboxylic acids is 2. The quantitative estimate of drug-likeness (QED) is 0.0149. The number of carbonyl (C=O) groups is 2. The minimum atomic E-state index is -1.63. The number of unbranched alkanes of at least 4 members (excludes halogenated alkanes) is 23. The van der Waals surface area contributed by atoms with Gasteiger partial charge in [0.2, 0.25) is 5.91 Å². The second-order valence-electron chi connectivity index (χ2n) is 20.5. The number of amides is 1. The first-order valence-corrected chi connectivity index (χ1v) is 30.2. The Labute approximate surface area is 462 Å². The Kier molecular flexibility index (Phi) is 48.2. The maximum atomic E-state index is 13.3. The number of esters is 1.